The van der Waals surface area contributed by atoms with Crippen molar-refractivity contribution in [3.05, 3.63) is 36.3 Å². The number of hydrogen-bond acceptors (Lipinski definition) is 3. The molecule has 0 radical (unpaired) electrons. The Hall–Kier alpha value is -2.14. The van der Waals surface area contributed by atoms with E-state index >= 15 is 0 Å². The third-order valence-corrected chi connectivity index (χ3v) is 3.38. The summed E-state index contributed by atoms with van der Waals surface area (Å²) in [7, 11) is 0. The first-order chi connectivity index (χ1) is 9.70. The normalized spacial score (nSPS) is 11.2. The number of benzene rings is 1. The molecule has 0 aliphatic heterocycles. The predicted octanol–water partition coefficient (Wildman–Crippen LogP) is 1.85. The zero-order valence-electron chi connectivity index (χ0n) is 10.7. The number of aromatic nitrogens is 3. The Morgan fingerprint density at radius 1 is 1.30 bits per heavy atom. The van der Waals surface area contributed by atoms with Gasteiger partial charge in [-0.1, -0.05) is 18.2 Å². The number of imidazole rings is 1. The van der Waals surface area contributed by atoms with Crippen LogP contribution in [0.15, 0.2) is 30.5 Å². The van der Waals surface area contributed by atoms with Crippen molar-refractivity contribution < 1.29 is 4.79 Å². The quantitative estimate of drug-likeness (QED) is 0.745. The zero-order valence-corrected chi connectivity index (χ0v) is 11.5. The lowest BCUT2D eigenvalue weighted by Gasteiger charge is -2.07. The van der Waals surface area contributed by atoms with Gasteiger partial charge in [0.15, 0.2) is 0 Å². The van der Waals surface area contributed by atoms with Crippen LogP contribution in [0.1, 0.15) is 5.82 Å². The highest BCUT2D eigenvalue weighted by Gasteiger charge is 2.15. The first kappa shape index (κ1) is 12.9. The molecule has 0 saturated carbocycles. The van der Waals surface area contributed by atoms with Crippen LogP contribution in [-0.4, -0.2) is 26.3 Å². The van der Waals surface area contributed by atoms with E-state index in [1.54, 1.807) is 6.20 Å². The van der Waals surface area contributed by atoms with Crippen molar-refractivity contribution in [2.24, 2.45) is 5.73 Å². The lowest BCUT2D eigenvalue weighted by atomic mass is 10.2. The van der Waals surface area contributed by atoms with Gasteiger partial charge in [0.25, 0.3) is 0 Å². The highest BCUT2D eigenvalue weighted by atomic mass is 35.5. The number of rotatable bonds is 4. The van der Waals surface area contributed by atoms with E-state index < -0.39 is 5.91 Å². The second kappa shape index (κ2) is 5.09. The van der Waals surface area contributed by atoms with Gasteiger partial charge in [-0.2, -0.15) is 0 Å². The van der Waals surface area contributed by atoms with Gasteiger partial charge in [-0.15, -0.1) is 11.6 Å². The second-order valence-corrected chi connectivity index (χ2v) is 4.91. The molecule has 20 heavy (non-hydrogen) atoms. The zero-order chi connectivity index (χ0) is 14.1. The number of carbonyl (C=O) groups excluding carboxylic acids is 1. The molecule has 1 amide bonds. The lowest BCUT2D eigenvalue weighted by molar-refractivity contribution is -0.118. The van der Waals surface area contributed by atoms with E-state index in [2.05, 4.69) is 9.97 Å². The molecular formula is C14H13ClN4O. The lowest BCUT2D eigenvalue weighted by Crippen LogP contribution is -2.20. The van der Waals surface area contributed by atoms with E-state index in [1.165, 1.54) is 0 Å². The highest BCUT2D eigenvalue weighted by Crippen LogP contribution is 2.24. The summed E-state index contributed by atoms with van der Waals surface area (Å²) in [6, 6.07) is 7.76. The fourth-order valence-corrected chi connectivity index (χ4v) is 2.58. The van der Waals surface area contributed by atoms with Crippen LogP contribution < -0.4 is 5.73 Å². The number of aryl methyl sites for hydroxylation is 1. The Labute approximate surface area is 120 Å². The number of fused-ring (bicyclic) bond motifs is 3. The van der Waals surface area contributed by atoms with Crippen molar-refractivity contribution in [1.29, 1.82) is 0 Å². The largest absolute Gasteiger partial charge is 0.368 e. The maximum atomic E-state index is 11.3. The summed E-state index contributed by atoms with van der Waals surface area (Å²) in [5, 5.41) is 0.958. The van der Waals surface area contributed by atoms with E-state index in [0.717, 1.165) is 27.8 Å². The molecule has 0 fully saturated rings. The van der Waals surface area contributed by atoms with Gasteiger partial charge in [-0.25, -0.2) is 4.98 Å². The molecule has 1 aromatic carbocycles. The minimum absolute atomic E-state index is 0.0940. The van der Waals surface area contributed by atoms with Crippen LogP contribution in [0, 0.1) is 0 Å². The molecule has 0 aliphatic carbocycles. The van der Waals surface area contributed by atoms with Gasteiger partial charge in [0, 0.05) is 17.7 Å². The molecule has 6 heteroatoms. The van der Waals surface area contributed by atoms with Gasteiger partial charge in [-0.3, -0.25) is 9.78 Å². The van der Waals surface area contributed by atoms with Crippen LogP contribution >= 0.6 is 11.6 Å². The van der Waals surface area contributed by atoms with Crippen molar-refractivity contribution in [3.63, 3.8) is 0 Å². The average Bonchev–Trinajstić information content (AvgIpc) is 2.77. The summed E-state index contributed by atoms with van der Waals surface area (Å²) in [5.41, 5.74) is 7.85. The van der Waals surface area contributed by atoms with Crippen LogP contribution in [0.2, 0.25) is 0 Å². The molecule has 3 rings (SSSR count). The van der Waals surface area contributed by atoms with Gasteiger partial charge in [0.2, 0.25) is 5.91 Å². The van der Waals surface area contributed by atoms with Gasteiger partial charge < -0.3 is 10.3 Å². The highest BCUT2D eigenvalue weighted by molar-refractivity contribution is 6.18. The Bertz CT molecular complexity index is 796. The van der Waals surface area contributed by atoms with E-state index in [-0.39, 0.29) is 6.54 Å². The van der Waals surface area contributed by atoms with E-state index in [4.69, 9.17) is 17.3 Å². The van der Waals surface area contributed by atoms with Gasteiger partial charge in [-0.05, 0) is 6.07 Å². The van der Waals surface area contributed by atoms with Crippen molar-refractivity contribution in [3.8, 4) is 0 Å². The number of nitrogens with two attached hydrogens (primary N) is 1. The van der Waals surface area contributed by atoms with Crippen LogP contribution in [0.5, 0.6) is 0 Å². The molecule has 0 saturated heterocycles. The number of alkyl halides is 1. The van der Waals surface area contributed by atoms with E-state index in [1.807, 2.05) is 28.8 Å². The summed E-state index contributed by atoms with van der Waals surface area (Å²) in [4.78, 5) is 20.2. The third kappa shape index (κ3) is 2.10. The topological polar surface area (TPSA) is 73.8 Å². The minimum Gasteiger partial charge on any atom is -0.368 e. The first-order valence-electron chi connectivity index (χ1n) is 6.28. The molecule has 0 spiro atoms. The molecular weight excluding hydrogens is 276 g/mol. The summed E-state index contributed by atoms with van der Waals surface area (Å²) in [6.45, 7) is 0.0940. The van der Waals surface area contributed by atoms with Crippen molar-refractivity contribution >= 4 is 39.4 Å². The van der Waals surface area contributed by atoms with E-state index in [0.29, 0.717) is 12.3 Å². The molecule has 3 aromatic rings. The third-order valence-electron chi connectivity index (χ3n) is 3.19. The first-order valence-corrected chi connectivity index (χ1v) is 6.81. The van der Waals surface area contributed by atoms with Gasteiger partial charge in [0.1, 0.15) is 17.9 Å². The standard InChI is InChI=1S/C14H13ClN4O/c15-6-5-13-18-11-7-17-10-4-2-1-3-9(10)14(11)19(13)8-12(16)20/h1-4,7H,5-6,8H2,(H2,16,20). The maximum Gasteiger partial charge on any atom is 0.237 e. The molecule has 0 unspecified atom stereocenters. The minimum atomic E-state index is -0.402. The SMILES string of the molecule is NC(=O)Cn1c(CCCl)nc2cnc3ccccc3c21. The number of halogens is 1. The smallest absolute Gasteiger partial charge is 0.237 e. The van der Waals surface area contributed by atoms with Crippen molar-refractivity contribution in [2.75, 3.05) is 5.88 Å². The number of hydrogen-bond donors (Lipinski definition) is 1. The Kier molecular flexibility index (Phi) is 3.28. The number of primary amides is 1. The molecule has 0 bridgehead atoms. The van der Waals surface area contributed by atoms with Gasteiger partial charge >= 0.3 is 0 Å². The summed E-state index contributed by atoms with van der Waals surface area (Å²) >= 11 is 5.81. The molecule has 2 heterocycles. The van der Waals surface area contributed by atoms with Crippen LogP contribution in [0.4, 0.5) is 0 Å². The number of carbonyl (C=O) groups is 1. The Morgan fingerprint density at radius 2 is 2.10 bits per heavy atom. The van der Waals surface area contributed by atoms with E-state index in [9.17, 15) is 4.79 Å². The van der Waals surface area contributed by atoms with Crippen LogP contribution in [-0.2, 0) is 17.8 Å². The summed E-state index contributed by atoms with van der Waals surface area (Å²) in [5.74, 6) is 0.793. The maximum absolute atomic E-state index is 11.3. The fourth-order valence-electron chi connectivity index (χ4n) is 2.41. The van der Waals surface area contributed by atoms with Crippen LogP contribution in [0.25, 0.3) is 21.9 Å². The molecule has 2 N–H and O–H groups in total. The molecule has 0 aliphatic rings. The molecule has 0 atom stereocenters. The predicted molar refractivity (Wildman–Crippen MR) is 78.7 cm³/mol. The second-order valence-electron chi connectivity index (χ2n) is 4.53. The summed E-state index contributed by atoms with van der Waals surface area (Å²) < 4.78 is 1.84. The van der Waals surface area contributed by atoms with Gasteiger partial charge in [0.05, 0.1) is 17.2 Å². The monoisotopic (exact) mass is 288 g/mol. The fraction of sp³-hybridized carbons (Fsp3) is 0.214. The Balaban J connectivity index is 2.36. The molecule has 102 valence electrons. The number of para-hydroxylation sites is 1. The number of amides is 1. The molecule has 5 nitrogen and oxygen atoms in total. The number of pyridine rings is 1. The van der Waals surface area contributed by atoms with Crippen LogP contribution in [0.3, 0.4) is 0 Å². The average molecular weight is 289 g/mol. The molecule has 2 aromatic heterocycles. The number of nitrogens with zero attached hydrogens (tertiary/aromatic N) is 3. The van der Waals surface area contributed by atoms with Crippen molar-refractivity contribution in [1.82, 2.24) is 14.5 Å². The van der Waals surface area contributed by atoms with Crippen molar-refractivity contribution in [2.45, 2.75) is 13.0 Å². The summed E-state index contributed by atoms with van der Waals surface area (Å²) in [6.07, 6.45) is 2.30. The Morgan fingerprint density at radius 3 is 2.85 bits per heavy atom.